The van der Waals surface area contributed by atoms with Crippen molar-refractivity contribution < 1.29 is 0 Å². The van der Waals surface area contributed by atoms with Crippen LogP contribution in [0.3, 0.4) is 0 Å². The van der Waals surface area contributed by atoms with Crippen LogP contribution in [0.5, 0.6) is 0 Å². The van der Waals surface area contributed by atoms with Gasteiger partial charge in [0.15, 0.2) is 0 Å². The number of hydrogen-bond acceptors (Lipinski definition) is 2. The second-order valence-corrected chi connectivity index (χ2v) is 12.9. The number of benzene rings is 8. The highest BCUT2D eigenvalue weighted by Crippen LogP contribution is 2.41. The van der Waals surface area contributed by atoms with Gasteiger partial charge in [0, 0.05) is 37.2 Å². The summed E-state index contributed by atoms with van der Waals surface area (Å²) in [5.41, 5.74) is 8.29. The molecule has 0 unspecified atom stereocenters. The molecular weight excluding hydrogens is 575 g/mol. The van der Waals surface area contributed by atoms with Crippen molar-refractivity contribution in [2.45, 2.75) is 0 Å². The van der Waals surface area contributed by atoms with E-state index < -0.39 is 0 Å². The molecular formula is C44H29NS. The molecule has 2 heteroatoms. The molecule has 9 rings (SSSR count). The molecule has 0 aliphatic rings. The third-order valence-electron chi connectivity index (χ3n) is 9.04. The summed E-state index contributed by atoms with van der Waals surface area (Å²) in [6.45, 7) is 0. The number of hydrogen-bond donors (Lipinski definition) is 0. The van der Waals surface area contributed by atoms with Crippen LogP contribution >= 0.6 is 11.3 Å². The van der Waals surface area contributed by atoms with E-state index in [1.165, 1.54) is 64.0 Å². The third-order valence-corrected chi connectivity index (χ3v) is 10.2. The maximum Gasteiger partial charge on any atom is 0.0462 e. The van der Waals surface area contributed by atoms with Gasteiger partial charge in [0.2, 0.25) is 0 Å². The largest absolute Gasteiger partial charge is 0.311 e. The Morgan fingerprint density at radius 1 is 0.326 bits per heavy atom. The molecule has 46 heavy (non-hydrogen) atoms. The van der Waals surface area contributed by atoms with Crippen LogP contribution in [0, 0.1) is 0 Å². The molecule has 0 amide bonds. The SMILES string of the molecule is c1ccc(N(c2ccc(-c3ccc4ccccc4c3)cc2)c2ccc(-c3cccc4cc5c(cc34)sc3ccccc35)cc2)cc1. The Labute approximate surface area is 272 Å². The lowest BCUT2D eigenvalue weighted by atomic mass is 9.96. The Morgan fingerprint density at radius 3 is 1.76 bits per heavy atom. The predicted octanol–water partition coefficient (Wildman–Crippen LogP) is 13.2. The molecule has 0 atom stereocenters. The van der Waals surface area contributed by atoms with Gasteiger partial charge in [-0.1, -0.05) is 115 Å². The van der Waals surface area contributed by atoms with Crippen molar-refractivity contribution in [1.29, 1.82) is 0 Å². The van der Waals surface area contributed by atoms with Crippen molar-refractivity contribution in [3.8, 4) is 22.3 Å². The lowest BCUT2D eigenvalue weighted by Gasteiger charge is -2.26. The van der Waals surface area contributed by atoms with Gasteiger partial charge in [-0.15, -0.1) is 11.3 Å². The number of nitrogens with zero attached hydrogens (tertiary/aromatic N) is 1. The summed E-state index contributed by atoms with van der Waals surface area (Å²) < 4.78 is 2.67. The summed E-state index contributed by atoms with van der Waals surface area (Å²) in [6, 6.07) is 63.9. The van der Waals surface area contributed by atoms with E-state index in [2.05, 4.69) is 181 Å². The van der Waals surface area contributed by atoms with Crippen molar-refractivity contribution in [1.82, 2.24) is 0 Å². The number of rotatable bonds is 5. The van der Waals surface area contributed by atoms with Crippen LogP contribution in [0.25, 0.3) is 64.0 Å². The lowest BCUT2D eigenvalue weighted by molar-refractivity contribution is 1.28. The van der Waals surface area contributed by atoms with E-state index in [4.69, 9.17) is 0 Å². The van der Waals surface area contributed by atoms with Crippen molar-refractivity contribution in [3.05, 3.63) is 176 Å². The molecule has 0 aliphatic heterocycles. The Morgan fingerprint density at radius 2 is 0.957 bits per heavy atom. The average molecular weight is 604 g/mol. The number of anilines is 3. The van der Waals surface area contributed by atoms with E-state index >= 15 is 0 Å². The molecule has 0 N–H and O–H groups in total. The topological polar surface area (TPSA) is 3.24 Å². The van der Waals surface area contributed by atoms with Crippen LogP contribution in [0.15, 0.2) is 176 Å². The van der Waals surface area contributed by atoms with E-state index in [1.807, 2.05) is 11.3 Å². The predicted molar refractivity (Wildman–Crippen MR) is 200 cm³/mol. The summed E-state index contributed by atoms with van der Waals surface area (Å²) in [7, 11) is 0. The molecule has 0 aliphatic carbocycles. The van der Waals surface area contributed by atoms with Crippen LogP contribution in [0.2, 0.25) is 0 Å². The molecule has 0 radical (unpaired) electrons. The molecule has 9 aromatic rings. The van der Waals surface area contributed by atoms with Gasteiger partial charge in [0.05, 0.1) is 0 Å². The normalized spacial score (nSPS) is 11.5. The number of thiophene rings is 1. The second kappa shape index (κ2) is 11.0. The van der Waals surface area contributed by atoms with Crippen molar-refractivity contribution in [2.24, 2.45) is 0 Å². The van der Waals surface area contributed by atoms with Crippen LogP contribution in [-0.4, -0.2) is 0 Å². The fourth-order valence-electron chi connectivity index (χ4n) is 6.73. The minimum atomic E-state index is 1.13. The molecule has 8 aromatic carbocycles. The zero-order chi connectivity index (χ0) is 30.5. The summed E-state index contributed by atoms with van der Waals surface area (Å²) in [6.07, 6.45) is 0. The average Bonchev–Trinajstić information content (AvgIpc) is 3.49. The first kappa shape index (κ1) is 26.7. The molecule has 0 bridgehead atoms. The molecule has 216 valence electrons. The number of fused-ring (bicyclic) bond motifs is 5. The molecule has 1 nitrogen and oxygen atoms in total. The Bertz CT molecular complexity index is 2510. The highest BCUT2D eigenvalue weighted by molar-refractivity contribution is 7.25. The maximum atomic E-state index is 2.38. The van der Waals surface area contributed by atoms with Crippen molar-refractivity contribution in [2.75, 3.05) is 4.90 Å². The van der Waals surface area contributed by atoms with Crippen LogP contribution in [-0.2, 0) is 0 Å². The fourth-order valence-corrected chi connectivity index (χ4v) is 7.86. The first-order valence-corrected chi connectivity index (χ1v) is 16.5. The lowest BCUT2D eigenvalue weighted by Crippen LogP contribution is -2.09. The van der Waals surface area contributed by atoms with Gasteiger partial charge in [0.1, 0.15) is 0 Å². The zero-order valence-electron chi connectivity index (χ0n) is 25.1. The van der Waals surface area contributed by atoms with Crippen LogP contribution < -0.4 is 4.90 Å². The maximum absolute atomic E-state index is 2.38. The fraction of sp³-hybridized carbons (Fsp3) is 0. The Balaban J connectivity index is 1.09. The molecule has 1 heterocycles. The minimum Gasteiger partial charge on any atom is -0.311 e. The quantitative estimate of drug-likeness (QED) is 0.189. The second-order valence-electron chi connectivity index (χ2n) is 11.8. The molecule has 1 aromatic heterocycles. The van der Waals surface area contributed by atoms with Gasteiger partial charge >= 0.3 is 0 Å². The van der Waals surface area contributed by atoms with Crippen molar-refractivity contribution >= 4 is 70.1 Å². The van der Waals surface area contributed by atoms with Gasteiger partial charge in [-0.05, 0) is 104 Å². The van der Waals surface area contributed by atoms with Gasteiger partial charge in [-0.3, -0.25) is 0 Å². The highest BCUT2D eigenvalue weighted by Gasteiger charge is 2.14. The van der Waals surface area contributed by atoms with E-state index in [0.29, 0.717) is 0 Å². The van der Waals surface area contributed by atoms with Crippen LogP contribution in [0.4, 0.5) is 17.1 Å². The highest BCUT2D eigenvalue weighted by atomic mass is 32.1. The number of para-hydroxylation sites is 1. The zero-order valence-corrected chi connectivity index (χ0v) is 25.9. The molecule has 0 fully saturated rings. The third kappa shape index (κ3) is 4.63. The summed E-state index contributed by atoms with van der Waals surface area (Å²) >= 11 is 1.88. The standard InChI is InChI=1S/C44H29NS/c1-2-12-36(13-3-1)45(37-23-19-31(20-24-37)34-18-17-30-9-4-5-10-33(30)27-34)38-25-21-32(22-26-38)39-15-8-11-35-28-42-40-14-6-7-16-43(40)46-44(42)29-41(35)39/h1-29H. The van der Waals surface area contributed by atoms with Gasteiger partial charge in [-0.2, -0.15) is 0 Å². The summed E-state index contributed by atoms with van der Waals surface area (Å²) in [5, 5.41) is 7.76. The molecule has 0 saturated heterocycles. The van der Waals surface area contributed by atoms with Gasteiger partial charge in [0.25, 0.3) is 0 Å². The Kier molecular flexibility index (Phi) is 6.40. The monoisotopic (exact) mass is 603 g/mol. The van der Waals surface area contributed by atoms with Gasteiger partial charge in [-0.25, -0.2) is 0 Å². The first-order chi connectivity index (χ1) is 22.8. The Hall–Kier alpha value is -5.70. The van der Waals surface area contributed by atoms with E-state index in [-0.39, 0.29) is 0 Å². The minimum absolute atomic E-state index is 1.13. The van der Waals surface area contributed by atoms with Crippen LogP contribution in [0.1, 0.15) is 0 Å². The smallest absolute Gasteiger partial charge is 0.0462 e. The van der Waals surface area contributed by atoms with Gasteiger partial charge < -0.3 is 4.90 Å². The summed E-state index contributed by atoms with van der Waals surface area (Å²) in [4.78, 5) is 2.33. The van der Waals surface area contributed by atoms with Crippen molar-refractivity contribution in [3.63, 3.8) is 0 Å². The molecule has 0 spiro atoms. The summed E-state index contributed by atoms with van der Waals surface area (Å²) in [5.74, 6) is 0. The molecule has 0 saturated carbocycles. The first-order valence-electron chi connectivity index (χ1n) is 15.7. The van der Waals surface area contributed by atoms with E-state index in [0.717, 1.165) is 17.1 Å². The van der Waals surface area contributed by atoms with E-state index in [9.17, 15) is 0 Å². The van der Waals surface area contributed by atoms with E-state index in [1.54, 1.807) is 0 Å².